The fraction of sp³-hybridized carbons (Fsp3) is 0.273. The molecule has 0 radical (unpaired) electrons. The van der Waals surface area contributed by atoms with Crippen LogP contribution in [-0.4, -0.2) is 21.5 Å². The number of hydrogen-bond donors (Lipinski definition) is 1. The molecule has 0 spiro atoms. The predicted molar refractivity (Wildman–Crippen MR) is 71.4 cm³/mol. The molecule has 0 aliphatic heterocycles. The lowest BCUT2D eigenvalue weighted by Gasteiger charge is -2.03. The second kappa shape index (κ2) is 5.62. The fourth-order valence-electron chi connectivity index (χ4n) is 1.42. The molecule has 0 saturated heterocycles. The average Bonchev–Trinajstić information content (AvgIpc) is 2.75. The highest BCUT2D eigenvalue weighted by atomic mass is 79.9. The Labute approximate surface area is 113 Å². The number of halogens is 2. The minimum atomic E-state index is 0.689. The van der Waals surface area contributed by atoms with Crippen LogP contribution in [0.2, 0.25) is 5.02 Å². The SMILES string of the molecule is CCNCc1cn(-c2ccc(Cl)cc2Br)nn1. The van der Waals surface area contributed by atoms with Crippen molar-refractivity contribution >= 4 is 27.5 Å². The highest BCUT2D eigenvalue weighted by Crippen LogP contribution is 2.24. The highest BCUT2D eigenvalue weighted by Gasteiger charge is 2.06. The summed E-state index contributed by atoms with van der Waals surface area (Å²) in [6.07, 6.45) is 1.90. The molecule has 2 aromatic rings. The zero-order valence-electron chi connectivity index (χ0n) is 9.32. The molecule has 6 heteroatoms. The quantitative estimate of drug-likeness (QED) is 0.943. The van der Waals surface area contributed by atoms with Crippen LogP contribution in [0.3, 0.4) is 0 Å². The molecule has 0 unspecified atom stereocenters. The van der Waals surface area contributed by atoms with Gasteiger partial charge in [-0.05, 0) is 40.7 Å². The standard InChI is InChI=1S/C11H12BrClN4/c1-2-14-6-9-7-17(16-15-9)11-4-3-8(13)5-10(11)12/h3-5,7,14H,2,6H2,1H3. The van der Waals surface area contributed by atoms with E-state index in [4.69, 9.17) is 11.6 Å². The van der Waals surface area contributed by atoms with Gasteiger partial charge >= 0.3 is 0 Å². The maximum Gasteiger partial charge on any atom is 0.0969 e. The molecule has 0 atom stereocenters. The zero-order valence-corrected chi connectivity index (χ0v) is 11.7. The minimum Gasteiger partial charge on any atom is -0.311 e. The smallest absolute Gasteiger partial charge is 0.0969 e. The van der Waals surface area contributed by atoms with Gasteiger partial charge in [0.2, 0.25) is 0 Å². The Morgan fingerprint density at radius 3 is 3.00 bits per heavy atom. The first kappa shape index (κ1) is 12.5. The highest BCUT2D eigenvalue weighted by molar-refractivity contribution is 9.10. The molecule has 90 valence electrons. The van der Waals surface area contributed by atoms with Gasteiger partial charge in [-0.3, -0.25) is 0 Å². The third-order valence-electron chi connectivity index (χ3n) is 2.25. The summed E-state index contributed by atoms with van der Waals surface area (Å²) in [5.74, 6) is 0. The van der Waals surface area contributed by atoms with Gasteiger partial charge in [0, 0.05) is 16.0 Å². The van der Waals surface area contributed by atoms with Gasteiger partial charge in [-0.2, -0.15) is 0 Å². The Kier molecular flexibility index (Phi) is 4.15. The molecule has 1 N–H and O–H groups in total. The third kappa shape index (κ3) is 3.06. The molecule has 2 rings (SSSR count). The summed E-state index contributed by atoms with van der Waals surface area (Å²) in [7, 11) is 0. The number of aromatic nitrogens is 3. The number of nitrogens with zero attached hydrogens (tertiary/aromatic N) is 3. The van der Waals surface area contributed by atoms with Crippen LogP contribution in [0.25, 0.3) is 5.69 Å². The van der Waals surface area contributed by atoms with Crippen molar-refractivity contribution in [1.29, 1.82) is 0 Å². The summed E-state index contributed by atoms with van der Waals surface area (Å²) in [5, 5.41) is 12.1. The van der Waals surface area contributed by atoms with Crippen molar-refractivity contribution in [3.05, 3.63) is 39.6 Å². The van der Waals surface area contributed by atoms with Crippen LogP contribution in [0.1, 0.15) is 12.6 Å². The molecule has 0 bridgehead atoms. The normalized spacial score (nSPS) is 10.8. The lowest BCUT2D eigenvalue weighted by Crippen LogP contribution is -2.11. The lowest BCUT2D eigenvalue weighted by atomic mass is 10.3. The van der Waals surface area contributed by atoms with Crippen molar-refractivity contribution in [3.8, 4) is 5.69 Å². The van der Waals surface area contributed by atoms with Gasteiger partial charge in [0.15, 0.2) is 0 Å². The van der Waals surface area contributed by atoms with E-state index in [-0.39, 0.29) is 0 Å². The summed E-state index contributed by atoms with van der Waals surface area (Å²) in [5.41, 5.74) is 1.83. The number of benzene rings is 1. The van der Waals surface area contributed by atoms with Crippen LogP contribution in [0.15, 0.2) is 28.9 Å². The average molecular weight is 316 g/mol. The first-order chi connectivity index (χ1) is 8.20. The fourth-order valence-corrected chi connectivity index (χ4v) is 2.28. The summed E-state index contributed by atoms with van der Waals surface area (Å²) >= 11 is 9.35. The van der Waals surface area contributed by atoms with E-state index >= 15 is 0 Å². The predicted octanol–water partition coefficient (Wildman–Crippen LogP) is 2.79. The Morgan fingerprint density at radius 2 is 2.29 bits per heavy atom. The second-order valence-corrected chi connectivity index (χ2v) is 4.82. The number of rotatable bonds is 4. The van der Waals surface area contributed by atoms with Crippen LogP contribution in [0, 0.1) is 0 Å². The van der Waals surface area contributed by atoms with E-state index < -0.39 is 0 Å². The molecular weight excluding hydrogens is 304 g/mol. The molecule has 4 nitrogen and oxygen atoms in total. The van der Waals surface area contributed by atoms with Crippen molar-refractivity contribution in [2.75, 3.05) is 6.54 Å². The van der Waals surface area contributed by atoms with Gasteiger partial charge in [0.25, 0.3) is 0 Å². The molecule has 0 saturated carbocycles. The first-order valence-corrected chi connectivity index (χ1v) is 6.45. The lowest BCUT2D eigenvalue weighted by molar-refractivity contribution is 0.705. The van der Waals surface area contributed by atoms with Crippen molar-refractivity contribution < 1.29 is 0 Å². The Morgan fingerprint density at radius 1 is 1.47 bits per heavy atom. The van der Waals surface area contributed by atoms with E-state index in [1.807, 2.05) is 24.4 Å². The zero-order chi connectivity index (χ0) is 12.3. The van der Waals surface area contributed by atoms with Gasteiger partial charge < -0.3 is 5.32 Å². The molecule has 0 aliphatic carbocycles. The molecule has 1 aromatic carbocycles. The monoisotopic (exact) mass is 314 g/mol. The van der Waals surface area contributed by atoms with Crippen LogP contribution < -0.4 is 5.32 Å². The molecule has 0 aliphatic rings. The van der Waals surface area contributed by atoms with E-state index in [0.717, 1.165) is 28.9 Å². The molecule has 0 amide bonds. The van der Waals surface area contributed by atoms with Crippen molar-refractivity contribution in [2.24, 2.45) is 0 Å². The summed E-state index contributed by atoms with van der Waals surface area (Å²) in [6, 6.07) is 5.56. The van der Waals surface area contributed by atoms with E-state index in [0.29, 0.717) is 5.02 Å². The van der Waals surface area contributed by atoms with Gasteiger partial charge in [0.1, 0.15) is 0 Å². The van der Waals surface area contributed by atoms with Gasteiger partial charge in [-0.1, -0.05) is 23.7 Å². The molecular formula is C11H12BrClN4. The Hall–Kier alpha value is -0.910. The molecule has 1 aromatic heterocycles. The first-order valence-electron chi connectivity index (χ1n) is 5.28. The van der Waals surface area contributed by atoms with Crippen LogP contribution in [-0.2, 0) is 6.54 Å². The van der Waals surface area contributed by atoms with E-state index in [2.05, 4.69) is 38.5 Å². The Balaban J connectivity index is 2.24. The van der Waals surface area contributed by atoms with Crippen molar-refractivity contribution in [1.82, 2.24) is 20.3 Å². The van der Waals surface area contributed by atoms with Gasteiger partial charge in [-0.15, -0.1) is 5.10 Å². The summed E-state index contributed by atoms with van der Waals surface area (Å²) in [4.78, 5) is 0. The van der Waals surface area contributed by atoms with E-state index in [1.54, 1.807) is 4.68 Å². The third-order valence-corrected chi connectivity index (χ3v) is 3.12. The van der Waals surface area contributed by atoms with E-state index in [1.165, 1.54) is 0 Å². The van der Waals surface area contributed by atoms with Crippen LogP contribution in [0.4, 0.5) is 0 Å². The van der Waals surface area contributed by atoms with E-state index in [9.17, 15) is 0 Å². The topological polar surface area (TPSA) is 42.7 Å². The summed E-state index contributed by atoms with van der Waals surface area (Å²) in [6.45, 7) is 3.69. The number of nitrogens with one attached hydrogen (secondary N) is 1. The molecule has 17 heavy (non-hydrogen) atoms. The largest absolute Gasteiger partial charge is 0.311 e. The van der Waals surface area contributed by atoms with Crippen molar-refractivity contribution in [3.63, 3.8) is 0 Å². The summed E-state index contributed by atoms with van der Waals surface area (Å²) < 4.78 is 2.62. The maximum absolute atomic E-state index is 5.89. The van der Waals surface area contributed by atoms with Crippen LogP contribution >= 0.6 is 27.5 Å². The van der Waals surface area contributed by atoms with Crippen LogP contribution in [0.5, 0.6) is 0 Å². The van der Waals surface area contributed by atoms with Gasteiger partial charge in [0.05, 0.1) is 17.6 Å². The number of hydrogen-bond acceptors (Lipinski definition) is 3. The molecule has 1 heterocycles. The minimum absolute atomic E-state index is 0.689. The maximum atomic E-state index is 5.89. The molecule has 0 fully saturated rings. The Bertz CT molecular complexity index is 512. The van der Waals surface area contributed by atoms with Crippen molar-refractivity contribution in [2.45, 2.75) is 13.5 Å². The van der Waals surface area contributed by atoms with Gasteiger partial charge in [-0.25, -0.2) is 4.68 Å². The second-order valence-electron chi connectivity index (χ2n) is 3.53.